The SMILES string of the molecule is CC(C)(C)c1cc2cn(-c3ccc(C(=O)NCCCN=C(N)N)cc3)c(=O)nc2[nH]1. The maximum atomic E-state index is 12.5. The molecule has 2 aromatic heterocycles. The Bertz CT molecular complexity index is 1130. The monoisotopic (exact) mass is 409 g/mol. The number of rotatable bonds is 6. The lowest BCUT2D eigenvalue weighted by Crippen LogP contribution is -2.26. The summed E-state index contributed by atoms with van der Waals surface area (Å²) in [5.41, 5.74) is 12.8. The van der Waals surface area contributed by atoms with Crippen molar-refractivity contribution in [2.75, 3.05) is 13.1 Å². The minimum Gasteiger partial charge on any atom is -0.370 e. The molecular weight excluding hydrogens is 382 g/mol. The topological polar surface area (TPSA) is 144 Å². The summed E-state index contributed by atoms with van der Waals surface area (Å²) in [6.07, 6.45) is 2.39. The molecule has 0 spiro atoms. The number of aliphatic imine (C=N–C) groups is 1. The summed E-state index contributed by atoms with van der Waals surface area (Å²) in [7, 11) is 0. The van der Waals surface area contributed by atoms with Crippen molar-refractivity contribution in [2.24, 2.45) is 16.5 Å². The summed E-state index contributed by atoms with van der Waals surface area (Å²) in [5.74, 6) is -0.165. The number of amides is 1. The number of benzene rings is 1. The number of carbonyl (C=O) groups excluding carboxylic acids is 1. The van der Waals surface area contributed by atoms with Crippen LogP contribution in [0.2, 0.25) is 0 Å². The molecule has 6 N–H and O–H groups in total. The molecule has 9 heteroatoms. The fourth-order valence-corrected chi connectivity index (χ4v) is 2.95. The first-order chi connectivity index (χ1) is 14.1. The summed E-state index contributed by atoms with van der Waals surface area (Å²) in [6.45, 7) is 7.19. The van der Waals surface area contributed by atoms with Gasteiger partial charge in [-0.15, -0.1) is 0 Å². The van der Waals surface area contributed by atoms with E-state index >= 15 is 0 Å². The Labute approximate surface area is 174 Å². The molecule has 0 bridgehead atoms. The third kappa shape index (κ3) is 4.86. The zero-order valence-corrected chi connectivity index (χ0v) is 17.4. The van der Waals surface area contributed by atoms with Gasteiger partial charge in [0.05, 0.1) is 5.69 Å². The number of hydrogen-bond donors (Lipinski definition) is 4. The highest BCUT2D eigenvalue weighted by Gasteiger charge is 2.17. The third-order valence-electron chi connectivity index (χ3n) is 4.64. The van der Waals surface area contributed by atoms with Crippen LogP contribution in [0.5, 0.6) is 0 Å². The van der Waals surface area contributed by atoms with E-state index in [1.807, 2.05) is 6.07 Å². The summed E-state index contributed by atoms with van der Waals surface area (Å²) >= 11 is 0. The lowest BCUT2D eigenvalue weighted by atomic mass is 9.92. The van der Waals surface area contributed by atoms with E-state index in [0.29, 0.717) is 36.4 Å². The first-order valence-corrected chi connectivity index (χ1v) is 9.72. The van der Waals surface area contributed by atoms with Crippen LogP contribution in [-0.2, 0) is 5.41 Å². The van der Waals surface area contributed by atoms with E-state index in [4.69, 9.17) is 11.5 Å². The fourth-order valence-electron chi connectivity index (χ4n) is 2.95. The van der Waals surface area contributed by atoms with Gasteiger partial charge in [-0.05, 0) is 36.8 Å². The Morgan fingerprint density at radius 3 is 2.57 bits per heavy atom. The number of aromatic amines is 1. The van der Waals surface area contributed by atoms with Crippen molar-refractivity contribution in [1.82, 2.24) is 19.9 Å². The number of fused-ring (bicyclic) bond motifs is 1. The molecule has 3 aromatic rings. The molecule has 0 saturated heterocycles. The Kier molecular flexibility index (Phi) is 5.91. The molecule has 0 aliphatic heterocycles. The standard InChI is InChI=1S/C21H27N7O2/c1-21(2,3)16-11-14-12-28(20(30)27-17(14)26-16)15-7-5-13(6-8-15)18(29)24-9-4-10-25-19(22)23/h5-8,11-12H,4,9-10H2,1-3H3,(H,24,29)(H4,22,23,25)(H,26,27,30). The molecular formula is C21H27N7O2. The quantitative estimate of drug-likeness (QED) is 0.276. The number of hydrogen-bond acceptors (Lipinski definition) is 4. The zero-order valence-electron chi connectivity index (χ0n) is 17.4. The second-order valence-electron chi connectivity index (χ2n) is 8.09. The lowest BCUT2D eigenvalue weighted by Gasteiger charge is -2.15. The van der Waals surface area contributed by atoms with E-state index in [0.717, 1.165) is 11.1 Å². The molecule has 2 heterocycles. The molecule has 0 saturated carbocycles. The molecule has 0 aliphatic rings. The van der Waals surface area contributed by atoms with Gasteiger partial charge >= 0.3 is 5.69 Å². The van der Waals surface area contributed by atoms with E-state index in [-0.39, 0.29) is 23.0 Å². The normalized spacial score (nSPS) is 11.4. The van der Waals surface area contributed by atoms with Crippen LogP contribution in [0.3, 0.4) is 0 Å². The average molecular weight is 409 g/mol. The van der Waals surface area contributed by atoms with Gasteiger partial charge in [0.15, 0.2) is 5.96 Å². The van der Waals surface area contributed by atoms with Crippen molar-refractivity contribution < 1.29 is 4.79 Å². The van der Waals surface area contributed by atoms with E-state index in [1.165, 1.54) is 4.57 Å². The predicted octanol–water partition coefficient (Wildman–Crippen LogP) is 1.40. The predicted molar refractivity (Wildman–Crippen MR) is 118 cm³/mol. The van der Waals surface area contributed by atoms with Gasteiger partial charge in [0, 0.05) is 41.3 Å². The van der Waals surface area contributed by atoms with E-state index in [9.17, 15) is 9.59 Å². The minimum absolute atomic E-state index is 0.0362. The van der Waals surface area contributed by atoms with E-state index < -0.39 is 0 Å². The Balaban J connectivity index is 1.75. The van der Waals surface area contributed by atoms with Crippen molar-refractivity contribution in [3.63, 3.8) is 0 Å². The molecule has 0 atom stereocenters. The highest BCUT2D eigenvalue weighted by atomic mass is 16.2. The van der Waals surface area contributed by atoms with E-state index in [1.54, 1.807) is 30.5 Å². The Hall–Kier alpha value is -3.62. The number of carbonyl (C=O) groups is 1. The van der Waals surface area contributed by atoms with Crippen molar-refractivity contribution in [3.8, 4) is 5.69 Å². The van der Waals surface area contributed by atoms with Gasteiger partial charge in [-0.2, -0.15) is 4.98 Å². The summed E-state index contributed by atoms with van der Waals surface area (Å²) in [5, 5.41) is 3.66. The first-order valence-electron chi connectivity index (χ1n) is 9.72. The van der Waals surface area contributed by atoms with Crippen LogP contribution in [0.25, 0.3) is 16.7 Å². The fraction of sp³-hybridized carbons (Fsp3) is 0.333. The number of nitrogens with two attached hydrogens (primary N) is 2. The average Bonchev–Trinajstić information content (AvgIpc) is 3.10. The smallest absolute Gasteiger partial charge is 0.354 e. The van der Waals surface area contributed by atoms with Crippen LogP contribution in [0.4, 0.5) is 0 Å². The number of nitrogens with zero attached hydrogens (tertiary/aromatic N) is 3. The highest BCUT2D eigenvalue weighted by Crippen LogP contribution is 2.24. The first kappa shape index (κ1) is 21.1. The molecule has 0 fully saturated rings. The van der Waals surface area contributed by atoms with Gasteiger partial charge in [0.1, 0.15) is 5.65 Å². The van der Waals surface area contributed by atoms with Crippen molar-refractivity contribution in [1.29, 1.82) is 0 Å². The number of aromatic nitrogens is 3. The minimum atomic E-state index is -0.387. The lowest BCUT2D eigenvalue weighted by molar-refractivity contribution is 0.0953. The maximum Gasteiger partial charge on any atom is 0.354 e. The van der Waals surface area contributed by atoms with Crippen molar-refractivity contribution in [3.05, 3.63) is 58.3 Å². The van der Waals surface area contributed by atoms with Crippen LogP contribution < -0.4 is 22.5 Å². The Morgan fingerprint density at radius 1 is 1.23 bits per heavy atom. The largest absolute Gasteiger partial charge is 0.370 e. The van der Waals surface area contributed by atoms with Crippen molar-refractivity contribution >= 4 is 22.9 Å². The molecule has 1 amide bonds. The number of guanidine groups is 1. The van der Waals surface area contributed by atoms with Gasteiger partial charge in [0.25, 0.3) is 5.91 Å². The second kappa shape index (κ2) is 8.40. The molecule has 158 valence electrons. The third-order valence-corrected chi connectivity index (χ3v) is 4.64. The molecule has 9 nitrogen and oxygen atoms in total. The Morgan fingerprint density at radius 2 is 1.93 bits per heavy atom. The van der Waals surface area contributed by atoms with E-state index in [2.05, 4.69) is 41.0 Å². The van der Waals surface area contributed by atoms with Gasteiger partial charge in [0.2, 0.25) is 0 Å². The van der Waals surface area contributed by atoms with Gasteiger partial charge in [-0.3, -0.25) is 14.4 Å². The van der Waals surface area contributed by atoms with Gasteiger partial charge < -0.3 is 21.8 Å². The molecule has 1 aromatic carbocycles. The van der Waals surface area contributed by atoms with Gasteiger partial charge in [-0.25, -0.2) is 4.79 Å². The van der Waals surface area contributed by atoms with Gasteiger partial charge in [-0.1, -0.05) is 20.8 Å². The molecule has 30 heavy (non-hydrogen) atoms. The molecule has 3 rings (SSSR count). The maximum absolute atomic E-state index is 12.5. The summed E-state index contributed by atoms with van der Waals surface area (Å²) in [4.78, 5) is 36.0. The number of H-pyrrole nitrogens is 1. The van der Waals surface area contributed by atoms with Crippen LogP contribution in [0.1, 0.15) is 43.2 Å². The highest BCUT2D eigenvalue weighted by molar-refractivity contribution is 5.94. The van der Waals surface area contributed by atoms with Crippen LogP contribution in [-0.4, -0.2) is 39.5 Å². The zero-order chi connectivity index (χ0) is 21.9. The van der Waals surface area contributed by atoms with Crippen LogP contribution in [0.15, 0.2) is 46.3 Å². The van der Waals surface area contributed by atoms with Crippen LogP contribution in [0, 0.1) is 0 Å². The van der Waals surface area contributed by atoms with Crippen LogP contribution >= 0.6 is 0 Å². The van der Waals surface area contributed by atoms with Crippen molar-refractivity contribution in [2.45, 2.75) is 32.6 Å². The number of nitrogens with one attached hydrogen (secondary N) is 2. The second-order valence-corrected chi connectivity index (χ2v) is 8.09. The summed E-state index contributed by atoms with van der Waals surface area (Å²) < 4.78 is 1.47. The molecule has 0 aliphatic carbocycles. The summed E-state index contributed by atoms with van der Waals surface area (Å²) in [6, 6.07) is 8.80. The molecule has 0 unspecified atom stereocenters. The molecule has 0 radical (unpaired) electrons.